The van der Waals surface area contributed by atoms with E-state index in [9.17, 15) is 19.8 Å². The van der Waals surface area contributed by atoms with Crippen molar-refractivity contribution in [3.8, 4) is 11.5 Å². The standard InChI is InChI=1S/C31H32ClNO5/c1-17(2)22-15-19(9-14-25(22)38-6)28(35)26-27(18-7-10-20(11-8-18)31(3,4)5)33(30(37)29(26)36)23-16-21(32)12-13-24(23)34/h7-17,27,34-35H,1-6H3/b28-26-. The quantitative estimate of drug-likeness (QED) is 0.207. The number of amides is 1. The Labute approximate surface area is 228 Å². The number of carbonyl (C=O) groups is 2. The molecule has 1 unspecified atom stereocenters. The summed E-state index contributed by atoms with van der Waals surface area (Å²) in [7, 11) is 1.57. The highest BCUT2D eigenvalue weighted by Crippen LogP contribution is 2.46. The molecule has 7 heteroatoms. The fraction of sp³-hybridized carbons (Fsp3) is 0.290. The van der Waals surface area contributed by atoms with Crippen LogP contribution in [0.5, 0.6) is 11.5 Å². The van der Waals surface area contributed by atoms with Crippen LogP contribution in [0.2, 0.25) is 5.02 Å². The third-order valence-corrected chi connectivity index (χ3v) is 7.09. The van der Waals surface area contributed by atoms with Gasteiger partial charge >= 0.3 is 0 Å². The summed E-state index contributed by atoms with van der Waals surface area (Å²) in [6.07, 6.45) is 0. The maximum Gasteiger partial charge on any atom is 0.300 e. The lowest BCUT2D eigenvalue weighted by atomic mass is 9.85. The second-order valence-electron chi connectivity index (χ2n) is 10.8. The van der Waals surface area contributed by atoms with Gasteiger partial charge in [-0.3, -0.25) is 14.5 Å². The van der Waals surface area contributed by atoms with Crippen molar-refractivity contribution in [2.45, 2.75) is 52.0 Å². The number of nitrogens with zero attached hydrogens (tertiary/aromatic N) is 1. The summed E-state index contributed by atoms with van der Waals surface area (Å²) in [4.78, 5) is 28.2. The van der Waals surface area contributed by atoms with Crippen molar-refractivity contribution in [3.05, 3.63) is 93.5 Å². The van der Waals surface area contributed by atoms with Crippen molar-refractivity contribution in [2.24, 2.45) is 0 Å². The maximum absolute atomic E-state index is 13.5. The van der Waals surface area contributed by atoms with Crippen LogP contribution in [0.1, 0.15) is 68.8 Å². The normalized spacial score (nSPS) is 17.4. The van der Waals surface area contributed by atoms with E-state index in [0.29, 0.717) is 21.9 Å². The zero-order valence-electron chi connectivity index (χ0n) is 22.4. The molecular weight excluding hydrogens is 502 g/mol. The van der Waals surface area contributed by atoms with Crippen molar-refractivity contribution in [1.29, 1.82) is 0 Å². The lowest BCUT2D eigenvalue weighted by Gasteiger charge is -2.27. The molecule has 0 bridgehead atoms. The topological polar surface area (TPSA) is 87.1 Å². The van der Waals surface area contributed by atoms with Crippen molar-refractivity contribution in [3.63, 3.8) is 0 Å². The van der Waals surface area contributed by atoms with Gasteiger partial charge in [-0.2, -0.15) is 0 Å². The van der Waals surface area contributed by atoms with Crippen molar-refractivity contribution < 1.29 is 24.5 Å². The van der Waals surface area contributed by atoms with Gasteiger partial charge in [0.25, 0.3) is 11.7 Å². The van der Waals surface area contributed by atoms with Gasteiger partial charge in [-0.1, -0.05) is 70.5 Å². The zero-order chi connectivity index (χ0) is 27.9. The number of hydrogen-bond donors (Lipinski definition) is 2. The van der Waals surface area contributed by atoms with Crippen LogP contribution >= 0.6 is 11.6 Å². The van der Waals surface area contributed by atoms with E-state index in [1.54, 1.807) is 25.3 Å². The number of hydrogen-bond acceptors (Lipinski definition) is 5. The number of ether oxygens (including phenoxy) is 1. The number of aliphatic hydroxyl groups excluding tert-OH is 1. The Morgan fingerprint density at radius 2 is 1.66 bits per heavy atom. The summed E-state index contributed by atoms with van der Waals surface area (Å²) in [6.45, 7) is 10.3. The molecule has 0 saturated carbocycles. The molecule has 1 saturated heterocycles. The van der Waals surface area contributed by atoms with Crippen LogP contribution in [0.15, 0.2) is 66.2 Å². The molecule has 0 spiro atoms. The molecule has 3 aromatic rings. The molecule has 3 aromatic carbocycles. The molecule has 1 amide bonds. The average Bonchev–Trinajstić information content (AvgIpc) is 3.14. The first kappa shape index (κ1) is 27.3. The summed E-state index contributed by atoms with van der Waals surface area (Å²) in [6, 6.07) is 16.0. The van der Waals surface area contributed by atoms with Gasteiger partial charge in [0.05, 0.1) is 24.4 Å². The Morgan fingerprint density at radius 3 is 2.24 bits per heavy atom. The van der Waals surface area contributed by atoms with Gasteiger partial charge in [0, 0.05) is 10.6 Å². The molecule has 198 valence electrons. The van der Waals surface area contributed by atoms with E-state index in [4.69, 9.17) is 16.3 Å². The van der Waals surface area contributed by atoms with Crippen LogP contribution in [-0.2, 0) is 15.0 Å². The van der Waals surface area contributed by atoms with Crippen molar-refractivity contribution in [1.82, 2.24) is 0 Å². The van der Waals surface area contributed by atoms with Gasteiger partial charge in [-0.15, -0.1) is 0 Å². The lowest BCUT2D eigenvalue weighted by Crippen LogP contribution is -2.29. The number of halogens is 1. The smallest absolute Gasteiger partial charge is 0.300 e. The molecule has 4 rings (SSSR count). The van der Waals surface area contributed by atoms with Crippen LogP contribution in [0.3, 0.4) is 0 Å². The lowest BCUT2D eigenvalue weighted by molar-refractivity contribution is -0.132. The van der Waals surface area contributed by atoms with Crippen LogP contribution < -0.4 is 9.64 Å². The highest BCUT2D eigenvalue weighted by atomic mass is 35.5. The number of Topliss-reactive ketones (excluding diaryl/α,β-unsaturated/α-hetero) is 1. The minimum Gasteiger partial charge on any atom is -0.507 e. The average molecular weight is 534 g/mol. The molecule has 1 aliphatic heterocycles. The Hall–Kier alpha value is -3.77. The summed E-state index contributed by atoms with van der Waals surface area (Å²) < 4.78 is 5.47. The predicted octanol–water partition coefficient (Wildman–Crippen LogP) is 7.10. The van der Waals surface area contributed by atoms with E-state index in [1.807, 2.05) is 38.1 Å². The van der Waals surface area contributed by atoms with Crippen LogP contribution in [0.4, 0.5) is 5.69 Å². The number of aromatic hydroxyl groups is 1. The third kappa shape index (κ3) is 4.88. The van der Waals surface area contributed by atoms with Gasteiger partial charge in [-0.25, -0.2) is 0 Å². The molecule has 1 heterocycles. The zero-order valence-corrected chi connectivity index (χ0v) is 23.1. The number of benzene rings is 3. The van der Waals surface area contributed by atoms with Gasteiger partial charge in [0.1, 0.15) is 17.3 Å². The number of phenolic OH excluding ortho intramolecular Hbond substituents is 1. The minimum atomic E-state index is -0.988. The molecule has 6 nitrogen and oxygen atoms in total. The number of methoxy groups -OCH3 is 1. The molecule has 2 N–H and O–H groups in total. The number of phenols is 1. The van der Waals surface area contributed by atoms with E-state index in [0.717, 1.165) is 11.1 Å². The molecule has 0 aliphatic carbocycles. The largest absolute Gasteiger partial charge is 0.507 e. The van der Waals surface area contributed by atoms with E-state index in [-0.39, 0.29) is 34.1 Å². The second-order valence-corrected chi connectivity index (χ2v) is 11.2. The summed E-state index contributed by atoms with van der Waals surface area (Å²) >= 11 is 6.21. The molecular formula is C31H32ClNO5. The Morgan fingerprint density at radius 1 is 1.00 bits per heavy atom. The van der Waals surface area contributed by atoms with Crippen LogP contribution in [0.25, 0.3) is 5.76 Å². The first-order chi connectivity index (χ1) is 17.8. The van der Waals surface area contributed by atoms with E-state index < -0.39 is 17.7 Å². The number of anilines is 1. The maximum atomic E-state index is 13.5. The van der Waals surface area contributed by atoms with E-state index in [2.05, 4.69) is 20.8 Å². The summed E-state index contributed by atoms with van der Waals surface area (Å²) in [5.74, 6) is -1.49. The van der Waals surface area contributed by atoms with Gasteiger partial charge < -0.3 is 14.9 Å². The second kappa shape index (κ2) is 10.2. The van der Waals surface area contributed by atoms with Gasteiger partial charge in [-0.05, 0) is 64.4 Å². The Kier molecular flexibility index (Phi) is 7.31. The van der Waals surface area contributed by atoms with Crippen molar-refractivity contribution >= 4 is 34.7 Å². The number of carbonyl (C=O) groups excluding carboxylic acids is 2. The highest BCUT2D eigenvalue weighted by molar-refractivity contribution is 6.52. The van der Waals surface area contributed by atoms with Crippen LogP contribution in [0, 0.1) is 0 Å². The van der Waals surface area contributed by atoms with Crippen molar-refractivity contribution in [2.75, 3.05) is 12.0 Å². The first-order valence-electron chi connectivity index (χ1n) is 12.4. The van der Waals surface area contributed by atoms with E-state index in [1.165, 1.54) is 23.1 Å². The molecule has 1 aliphatic rings. The molecule has 1 fully saturated rings. The number of ketones is 1. The fourth-order valence-corrected chi connectivity index (χ4v) is 4.91. The molecule has 1 atom stereocenters. The van der Waals surface area contributed by atoms with Gasteiger partial charge in [0.2, 0.25) is 0 Å². The minimum absolute atomic E-state index is 0.0715. The first-order valence-corrected chi connectivity index (χ1v) is 12.8. The highest BCUT2D eigenvalue weighted by Gasteiger charge is 2.48. The molecule has 0 radical (unpaired) electrons. The Balaban J connectivity index is 1.97. The van der Waals surface area contributed by atoms with E-state index >= 15 is 0 Å². The summed E-state index contributed by atoms with van der Waals surface area (Å²) in [5.41, 5.74) is 2.82. The van der Waals surface area contributed by atoms with Gasteiger partial charge in [0.15, 0.2) is 0 Å². The molecule has 0 aromatic heterocycles. The SMILES string of the molecule is COc1ccc(/C(O)=C2/C(=O)C(=O)N(c3cc(Cl)ccc3O)C2c2ccc(C(C)(C)C)cc2)cc1C(C)C. The molecule has 38 heavy (non-hydrogen) atoms. The fourth-order valence-electron chi connectivity index (χ4n) is 4.74. The third-order valence-electron chi connectivity index (χ3n) is 6.86. The number of rotatable bonds is 5. The Bertz CT molecular complexity index is 1430. The van der Waals surface area contributed by atoms with Crippen LogP contribution in [-0.4, -0.2) is 29.0 Å². The predicted molar refractivity (Wildman–Crippen MR) is 150 cm³/mol. The number of aliphatic hydroxyl groups is 1. The monoisotopic (exact) mass is 533 g/mol. The summed E-state index contributed by atoms with van der Waals surface area (Å²) in [5, 5.41) is 22.5.